The predicted octanol–water partition coefficient (Wildman–Crippen LogP) is 0.703. The first-order valence-corrected chi connectivity index (χ1v) is 7.50. The largest absolute Gasteiger partial charge is 0.481 e. The number of rotatable bonds is 10. The number of aliphatic carboxylic acids is 1. The van der Waals surface area contributed by atoms with Crippen molar-refractivity contribution >= 4 is 17.9 Å². The molecule has 1 aliphatic carbocycles. The van der Waals surface area contributed by atoms with Crippen molar-refractivity contribution in [2.75, 3.05) is 19.6 Å². The minimum atomic E-state index is -0.791. The smallest absolute Gasteiger partial charge is 0.314 e. The summed E-state index contributed by atoms with van der Waals surface area (Å²) in [6.07, 6.45) is 3.47. The molecule has 0 bridgehead atoms. The van der Waals surface area contributed by atoms with E-state index in [9.17, 15) is 14.4 Å². The van der Waals surface area contributed by atoms with Crippen molar-refractivity contribution in [2.24, 2.45) is 11.8 Å². The maximum atomic E-state index is 11.5. The number of carbonyl (C=O) groups excluding carboxylic acids is 2. The lowest BCUT2D eigenvalue weighted by molar-refractivity contribution is -0.137. The van der Waals surface area contributed by atoms with Gasteiger partial charge in [-0.25, -0.2) is 4.79 Å². The highest BCUT2D eigenvalue weighted by molar-refractivity contribution is 5.80. The molecule has 1 fully saturated rings. The average Bonchev–Trinajstić information content (AvgIpc) is 3.25. The van der Waals surface area contributed by atoms with Gasteiger partial charge in [0.25, 0.3) is 0 Å². The maximum absolute atomic E-state index is 11.5. The second kappa shape index (κ2) is 9.20. The predicted molar refractivity (Wildman–Crippen MR) is 77.8 cm³/mol. The van der Waals surface area contributed by atoms with E-state index >= 15 is 0 Å². The molecule has 120 valence electrons. The van der Waals surface area contributed by atoms with Crippen LogP contribution in [0.25, 0.3) is 0 Å². The molecule has 0 aromatic heterocycles. The molecule has 1 saturated carbocycles. The normalized spacial score (nSPS) is 15.1. The lowest BCUT2D eigenvalue weighted by Crippen LogP contribution is -2.41. The van der Waals surface area contributed by atoms with E-state index in [2.05, 4.69) is 16.0 Å². The third-order valence-corrected chi connectivity index (χ3v) is 3.43. The second-order valence-corrected chi connectivity index (χ2v) is 5.57. The van der Waals surface area contributed by atoms with E-state index in [-0.39, 0.29) is 30.2 Å². The second-order valence-electron chi connectivity index (χ2n) is 5.57. The number of carbonyl (C=O) groups is 3. The number of carboxylic acids is 1. The molecule has 0 aromatic rings. The summed E-state index contributed by atoms with van der Waals surface area (Å²) in [5.74, 6) is -0.268. The quantitative estimate of drug-likeness (QED) is 0.445. The van der Waals surface area contributed by atoms with Gasteiger partial charge in [-0.2, -0.15) is 0 Å². The van der Waals surface area contributed by atoms with E-state index in [1.54, 1.807) is 0 Å². The highest BCUT2D eigenvalue weighted by atomic mass is 16.4. The molecule has 0 saturated heterocycles. The van der Waals surface area contributed by atoms with Crippen LogP contribution in [0.15, 0.2) is 0 Å². The first-order valence-electron chi connectivity index (χ1n) is 7.50. The van der Waals surface area contributed by atoms with Gasteiger partial charge in [0.05, 0.1) is 0 Å². The van der Waals surface area contributed by atoms with Crippen molar-refractivity contribution in [1.29, 1.82) is 0 Å². The minimum absolute atomic E-state index is 0.0736. The van der Waals surface area contributed by atoms with Crippen molar-refractivity contribution in [2.45, 2.75) is 39.0 Å². The van der Waals surface area contributed by atoms with Gasteiger partial charge in [0, 0.05) is 32.0 Å². The molecule has 0 heterocycles. The molecule has 7 nitrogen and oxygen atoms in total. The monoisotopic (exact) mass is 299 g/mol. The van der Waals surface area contributed by atoms with Crippen LogP contribution in [0, 0.1) is 11.8 Å². The van der Waals surface area contributed by atoms with E-state index < -0.39 is 5.97 Å². The van der Waals surface area contributed by atoms with Crippen LogP contribution in [-0.4, -0.2) is 42.6 Å². The van der Waals surface area contributed by atoms with Gasteiger partial charge in [-0.1, -0.05) is 6.92 Å². The van der Waals surface area contributed by atoms with Gasteiger partial charge in [-0.3, -0.25) is 9.59 Å². The maximum Gasteiger partial charge on any atom is 0.314 e. The highest BCUT2D eigenvalue weighted by Crippen LogP contribution is 2.28. The fraction of sp³-hybridized carbons (Fsp3) is 0.786. The number of nitrogens with one attached hydrogen (secondary N) is 3. The van der Waals surface area contributed by atoms with Gasteiger partial charge < -0.3 is 21.1 Å². The summed E-state index contributed by atoms with van der Waals surface area (Å²) in [4.78, 5) is 33.2. The molecule has 1 atom stereocenters. The molecular weight excluding hydrogens is 274 g/mol. The molecule has 21 heavy (non-hydrogen) atoms. The Balaban J connectivity index is 1.93. The van der Waals surface area contributed by atoms with Crippen LogP contribution < -0.4 is 16.0 Å². The molecule has 1 rings (SSSR count). The molecule has 7 heteroatoms. The molecule has 1 unspecified atom stereocenters. The number of hydrogen-bond donors (Lipinski definition) is 4. The Hall–Kier alpha value is -1.79. The highest BCUT2D eigenvalue weighted by Gasteiger charge is 2.28. The molecule has 1 aliphatic rings. The van der Waals surface area contributed by atoms with Crippen LogP contribution >= 0.6 is 0 Å². The Morgan fingerprint density at radius 1 is 1.05 bits per heavy atom. The van der Waals surface area contributed by atoms with E-state index in [1.165, 1.54) is 0 Å². The summed E-state index contributed by atoms with van der Waals surface area (Å²) >= 11 is 0. The molecule has 0 spiro atoms. The summed E-state index contributed by atoms with van der Waals surface area (Å²) in [5, 5.41) is 16.7. The molecule has 0 radical (unpaired) electrons. The molecule has 0 aromatic carbocycles. The van der Waals surface area contributed by atoms with Gasteiger partial charge in [-0.15, -0.1) is 0 Å². The number of carboxylic acid groups (broad SMARTS) is 1. The molecule has 4 N–H and O–H groups in total. The van der Waals surface area contributed by atoms with Gasteiger partial charge in [0.15, 0.2) is 0 Å². The Morgan fingerprint density at radius 3 is 2.29 bits per heavy atom. The first-order chi connectivity index (χ1) is 9.99. The van der Waals surface area contributed by atoms with Gasteiger partial charge in [0.1, 0.15) is 0 Å². The first kappa shape index (κ1) is 17.3. The van der Waals surface area contributed by atoms with E-state index in [0.717, 1.165) is 19.3 Å². The number of urea groups is 1. The lowest BCUT2D eigenvalue weighted by Gasteiger charge is -2.11. The zero-order valence-electron chi connectivity index (χ0n) is 12.5. The zero-order valence-corrected chi connectivity index (χ0v) is 12.5. The summed E-state index contributed by atoms with van der Waals surface area (Å²) in [6, 6.07) is -0.263. The Labute approximate surface area is 124 Å². The number of amides is 3. The van der Waals surface area contributed by atoms with Crippen LogP contribution in [-0.2, 0) is 9.59 Å². The summed E-state index contributed by atoms with van der Waals surface area (Å²) in [6.45, 7) is 3.33. The Morgan fingerprint density at radius 2 is 1.67 bits per heavy atom. The van der Waals surface area contributed by atoms with Crippen LogP contribution in [0.1, 0.15) is 39.0 Å². The van der Waals surface area contributed by atoms with E-state index in [1.807, 2.05) is 6.92 Å². The van der Waals surface area contributed by atoms with Crippen molar-refractivity contribution in [1.82, 2.24) is 16.0 Å². The van der Waals surface area contributed by atoms with Crippen molar-refractivity contribution < 1.29 is 19.5 Å². The van der Waals surface area contributed by atoms with Crippen molar-refractivity contribution in [3.8, 4) is 0 Å². The van der Waals surface area contributed by atoms with Crippen LogP contribution in [0.4, 0.5) is 4.79 Å². The minimum Gasteiger partial charge on any atom is -0.481 e. The summed E-state index contributed by atoms with van der Waals surface area (Å²) in [7, 11) is 0. The standard InChI is InChI=1S/C14H25N3O4/c1-10(2-5-12(18)19)6-7-16-14(21)17-9-8-15-13(20)11-3-4-11/h10-11H,2-9H2,1H3,(H,15,20)(H,18,19)(H2,16,17,21). The van der Waals surface area contributed by atoms with Crippen molar-refractivity contribution in [3.63, 3.8) is 0 Å². The fourth-order valence-electron chi connectivity index (χ4n) is 1.86. The van der Waals surface area contributed by atoms with E-state index in [4.69, 9.17) is 5.11 Å². The topological polar surface area (TPSA) is 108 Å². The Bertz CT molecular complexity index is 369. The van der Waals surface area contributed by atoms with Gasteiger partial charge in [0.2, 0.25) is 5.91 Å². The number of hydrogen-bond acceptors (Lipinski definition) is 3. The third kappa shape index (κ3) is 8.88. The van der Waals surface area contributed by atoms with Crippen LogP contribution in [0.2, 0.25) is 0 Å². The van der Waals surface area contributed by atoms with Crippen LogP contribution in [0.3, 0.4) is 0 Å². The van der Waals surface area contributed by atoms with Gasteiger partial charge in [-0.05, 0) is 31.6 Å². The third-order valence-electron chi connectivity index (χ3n) is 3.43. The molecular formula is C14H25N3O4. The molecule has 3 amide bonds. The average molecular weight is 299 g/mol. The van der Waals surface area contributed by atoms with E-state index in [0.29, 0.717) is 26.1 Å². The van der Waals surface area contributed by atoms with Gasteiger partial charge >= 0.3 is 12.0 Å². The van der Waals surface area contributed by atoms with Crippen molar-refractivity contribution in [3.05, 3.63) is 0 Å². The summed E-state index contributed by atoms with van der Waals surface area (Å²) in [5.41, 5.74) is 0. The summed E-state index contributed by atoms with van der Waals surface area (Å²) < 4.78 is 0. The van der Waals surface area contributed by atoms with Crippen LogP contribution in [0.5, 0.6) is 0 Å². The Kier molecular flexibility index (Phi) is 7.56. The SMILES string of the molecule is CC(CCNC(=O)NCCNC(=O)C1CC1)CCC(=O)O. The molecule has 0 aliphatic heterocycles. The zero-order chi connectivity index (χ0) is 15.7. The lowest BCUT2D eigenvalue weighted by atomic mass is 10.0. The fourth-order valence-corrected chi connectivity index (χ4v) is 1.86.